The molecule has 0 saturated carbocycles. The van der Waals surface area contributed by atoms with Gasteiger partial charge in [-0.1, -0.05) is 18.2 Å². The summed E-state index contributed by atoms with van der Waals surface area (Å²) in [7, 11) is 0. The molecule has 2 nitrogen and oxygen atoms in total. The molecule has 0 radical (unpaired) electrons. The fourth-order valence-electron chi connectivity index (χ4n) is 1.39. The summed E-state index contributed by atoms with van der Waals surface area (Å²) < 4.78 is 37.7. The number of aliphatic hydroxyl groups excluding tert-OH is 1. The zero-order chi connectivity index (χ0) is 12.2. The predicted octanol–water partition coefficient (Wildman–Crippen LogP) is 2.38. The van der Waals surface area contributed by atoms with Gasteiger partial charge in [0.25, 0.3) is 0 Å². The second-order valence-corrected chi connectivity index (χ2v) is 3.37. The third-order valence-corrected chi connectivity index (χ3v) is 2.19. The van der Waals surface area contributed by atoms with Gasteiger partial charge in [-0.05, 0) is 18.1 Å². The van der Waals surface area contributed by atoms with Gasteiger partial charge in [-0.15, -0.1) is 0 Å². The van der Waals surface area contributed by atoms with Crippen LogP contribution in [0.15, 0.2) is 24.3 Å². The Morgan fingerprint density at radius 2 is 1.94 bits per heavy atom. The van der Waals surface area contributed by atoms with Crippen LogP contribution in [-0.4, -0.2) is 11.7 Å². The van der Waals surface area contributed by atoms with Gasteiger partial charge < -0.3 is 5.11 Å². The molecule has 1 aromatic carbocycles. The van der Waals surface area contributed by atoms with Crippen molar-refractivity contribution in [1.82, 2.24) is 0 Å². The molecule has 0 fully saturated rings. The molecule has 0 aliphatic heterocycles. The normalized spacial score (nSPS) is 13.2. The van der Waals surface area contributed by atoms with Crippen molar-refractivity contribution >= 4 is 0 Å². The number of nitriles is 1. The Morgan fingerprint density at radius 3 is 2.44 bits per heavy atom. The average Bonchev–Trinajstić information content (AvgIpc) is 2.25. The highest BCUT2D eigenvalue weighted by Crippen LogP contribution is 2.32. The minimum Gasteiger partial charge on any atom is -0.395 e. The maximum absolute atomic E-state index is 12.6. The molecule has 0 aliphatic rings. The molecule has 0 amide bonds. The van der Waals surface area contributed by atoms with Gasteiger partial charge in [0.1, 0.15) is 0 Å². The van der Waals surface area contributed by atoms with E-state index in [-0.39, 0.29) is 12.0 Å². The standard InChI is InChI=1S/C11H10F3NO/c12-11(13,14)10-4-2-1-3-9(10)5-8(6-15)7-16/h1-4,8,16H,5,7H2. The van der Waals surface area contributed by atoms with Crippen LogP contribution in [0, 0.1) is 17.2 Å². The van der Waals surface area contributed by atoms with E-state index in [1.54, 1.807) is 6.07 Å². The average molecular weight is 229 g/mol. The molecule has 0 heterocycles. The van der Waals surface area contributed by atoms with Crippen molar-refractivity contribution in [3.8, 4) is 6.07 Å². The van der Waals surface area contributed by atoms with Crippen LogP contribution in [0.3, 0.4) is 0 Å². The van der Waals surface area contributed by atoms with Gasteiger partial charge in [-0.3, -0.25) is 0 Å². The fourth-order valence-corrected chi connectivity index (χ4v) is 1.39. The summed E-state index contributed by atoms with van der Waals surface area (Å²) in [6, 6.07) is 6.84. The first-order chi connectivity index (χ1) is 7.49. The molecular weight excluding hydrogens is 219 g/mol. The van der Waals surface area contributed by atoms with E-state index in [1.165, 1.54) is 18.2 Å². The number of aliphatic hydroxyl groups is 1. The summed E-state index contributed by atoms with van der Waals surface area (Å²) in [6.07, 6.45) is -4.52. The van der Waals surface area contributed by atoms with Crippen LogP contribution in [0.1, 0.15) is 11.1 Å². The minimum atomic E-state index is -4.42. The molecule has 0 saturated heterocycles. The van der Waals surface area contributed by atoms with Gasteiger partial charge >= 0.3 is 6.18 Å². The van der Waals surface area contributed by atoms with E-state index in [0.717, 1.165) is 6.07 Å². The zero-order valence-corrected chi connectivity index (χ0v) is 8.33. The van der Waals surface area contributed by atoms with E-state index in [2.05, 4.69) is 0 Å². The van der Waals surface area contributed by atoms with E-state index in [1.807, 2.05) is 0 Å². The molecule has 1 rings (SSSR count). The predicted molar refractivity (Wildman–Crippen MR) is 51.3 cm³/mol. The van der Waals surface area contributed by atoms with E-state index in [9.17, 15) is 13.2 Å². The summed E-state index contributed by atoms with van der Waals surface area (Å²) in [4.78, 5) is 0. The van der Waals surface area contributed by atoms with Gasteiger partial charge in [0, 0.05) is 0 Å². The lowest BCUT2D eigenvalue weighted by Gasteiger charge is -2.13. The number of benzene rings is 1. The molecule has 1 unspecified atom stereocenters. The van der Waals surface area contributed by atoms with Crippen LogP contribution in [0.25, 0.3) is 0 Å². The molecule has 1 N–H and O–H groups in total. The Hall–Kier alpha value is -1.54. The highest BCUT2D eigenvalue weighted by atomic mass is 19.4. The number of hydrogen-bond donors (Lipinski definition) is 1. The van der Waals surface area contributed by atoms with Gasteiger partial charge in [-0.25, -0.2) is 0 Å². The molecule has 0 aromatic heterocycles. The Kier molecular flexibility index (Phi) is 3.91. The number of nitrogens with zero attached hydrogens (tertiary/aromatic N) is 1. The first kappa shape index (κ1) is 12.5. The SMILES string of the molecule is N#CC(CO)Cc1ccccc1C(F)(F)F. The van der Waals surface area contributed by atoms with E-state index in [0.29, 0.717) is 0 Å². The molecule has 1 aromatic rings. The molecule has 16 heavy (non-hydrogen) atoms. The maximum Gasteiger partial charge on any atom is 0.416 e. The quantitative estimate of drug-likeness (QED) is 0.864. The summed E-state index contributed by atoms with van der Waals surface area (Å²) in [5, 5.41) is 17.4. The number of hydrogen-bond acceptors (Lipinski definition) is 2. The van der Waals surface area contributed by atoms with Gasteiger partial charge in [0.2, 0.25) is 0 Å². The highest BCUT2D eigenvalue weighted by Gasteiger charge is 2.33. The molecule has 1 atom stereocenters. The van der Waals surface area contributed by atoms with Gasteiger partial charge in [-0.2, -0.15) is 18.4 Å². The summed E-state index contributed by atoms with van der Waals surface area (Å²) in [5.74, 6) is -0.802. The van der Waals surface area contributed by atoms with Crippen LogP contribution in [0.2, 0.25) is 0 Å². The lowest BCUT2D eigenvalue weighted by molar-refractivity contribution is -0.138. The number of rotatable bonds is 3. The van der Waals surface area contributed by atoms with Crippen LogP contribution < -0.4 is 0 Å². The molecule has 0 bridgehead atoms. The molecule has 5 heteroatoms. The van der Waals surface area contributed by atoms with Crippen molar-refractivity contribution in [2.75, 3.05) is 6.61 Å². The van der Waals surface area contributed by atoms with E-state index >= 15 is 0 Å². The summed E-state index contributed by atoms with van der Waals surface area (Å²) in [5.41, 5.74) is -0.709. The second kappa shape index (κ2) is 4.99. The third kappa shape index (κ3) is 2.97. The maximum atomic E-state index is 12.6. The zero-order valence-electron chi connectivity index (χ0n) is 8.33. The van der Waals surface area contributed by atoms with E-state index in [4.69, 9.17) is 10.4 Å². The topological polar surface area (TPSA) is 44.0 Å². The van der Waals surface area contributed by atoms with Crippen molar-refractivity contribution in [3.63, 3.8) is 0 Å². The van der Waals surface area contributed by atoms with Crippen LogP contribution in [0.4, 0.5) is 13.2 Å². The lowest BCUT2D eigenvalue weighted by Crippen LogP contribution is -2.13. The van der Waals surface area contributed by atoms with Crippen LogP contribution in [-0.2, 0) is 12.6 Å². The number of alkyl halides is 3. The molecule has 0 spiro atoms. The van der Waals surface area contributed by atoms with Crippen molar-refractivity contribution in [1.29, 1.82) is 5.26 Å². The fraction of sp³-hybridized carbons (Fsp3) is 0.364. The van der Waals surface area contributed by atoms with E-state index < -0.39 is 24.3 Å². The highest BCUT2D eigenvalue weighted by molar-refractivity contribution is 5.30. The largest absolute Gasteiger partial charge is 0.416 e. The molecule has 0 aliphatic carbocycles. The Morgan fingerprint density at radius 1 is 1.31 bits per heavy atom. The van der Waals surface area contributed by atoms with Crippen LogP contribution in [0.5, 0.6) is 0 Å². The monoisotopic (exact) mass is 229 g/mol. The number of halogens is 3. The molecular formula is C11H10F3NO. The first-order valence-corrected chi connectivity index (χ1v) is 4.64. The van der Waals surface area contributed by atoms with Crippen molar-refractivity contribution in [3.05, 3.63) is 35.4 Å². The van der Waals surface area contributed by atoms with Gasteiger partial charge in [0.15, 0.2) is 0 Å². The summed E-state index contributed by atoms with van der Waals surface area (Å²) >= 11 is 0. The second-order valence-electron chi connectivity index (χ2n) is 3.37. The van der Waals surface area contributed by atoms with Crippen LogP contribution >= 0.6 is 0 Å². The van der Waals surface area contributed by atoms with Crippen molar-refractivity contribution < 1.29 is 18.3 Å². The Bertz CT molecular complexity index is 395. The summed E-state index contributed by atoms with van der Waals surface area (Å²) in [6.45, 7) is -0.442. The van der Waals surface area contributed by atoms with Crippen molar-refractivity contribution in [2.45, 2.75) is 12.6 Å². The minimum absolute atomic E-state index is 0.0376. The smallest absolute Gasteiger partial charge is 0.395 e. The Balaban J connectivity index is 3.01. The molecule has 86 valence electrons. The lowest BCUT2D eigenvalue weighted by atomic mass is 9.97. The Labute approximate surface area is 90.9 Å². The van der Waals surface area contributed by atoms with Crippen molar-refractivity contribution in [2.24, 2.45) is 5.92 Å². The first-order valence-electron chi connectivity index (χ1n) is 4.64. The third-order valence-electron chi connectivity index (χ3n) is 2.19. The van der Waals surface area contributed by atoms with Gasteiger partial charge in [0.05, 0.1) is 24.2 Å².